The number of hydrogen-bond acceptors (Lipinski definition) is 6. The van der Waals surface area contributed by atoms with Crippen LogP contribution in [0.4, 0.5) is 10.5 Å². The van der Waals surface area contributed by atoms with Crippen LogP contribution in [-0.4, -0.2) is 49.7 Å². The third kappa shape index (κ3) is 5.65. The van der Waals surface area contributed by atoms with E-state index in [1.807, 2.05) is 0 Å². The number of cyclic esters (lactones) is 1. The quantitative estimate of drug-likeness (QED) is 0.670. The fourth-order valence-corrected chi connectivity index (χ4v) is 3.21. The van der Waals surface area contributed by atoms with Crippen LogP contribution in [0.15, 0.2) is 42.5 Å². The van der Waals surface area contributed by atoms with E-state index >= 15 is 0 Å². The number of nitrogens with one attached hydrogen (secondary N) is 2. The normalized spacial score (nSPS) is 15.3. The number of rotatable bonds is 8. The van der Waals surface area contributed by atoms with Gasteiger partial charge in [0.2, 0.25) is 11.8 Å². The summed E-state index contributed by atoms with van der Waals surface area (Å²) in [5.74, 6) is 0.753. The molecule has 1 aliphatic rings. The van der Waals surface area contributed by atoms with Gasteiger partial charge in [0.05, 0.1) is 20.8 Å². The zero-order valence-corrected chi connectivity index (χ0v) is 17.6. The van der Waals surface area contributed by atoms with Gasteiger partial charge in [0.15, 0.2) is 0 Å². The lowest BCUT2D eigenvalue weighted by atomic mass is 10.1. The first kappa shape index (κ1) is 21.9. The summed E-state index contributed by atoms with van der Waals surface area (Å²) in [5.41, 5.74) is 2.27. The van der Waals surface area contributed by atoms with Gasteiger partial charge >= 0.3 is 6.09 Å². The molecule has 0 spiro atoms. The maximum Gasteiger partial charge on any atom is 0.410 e. The van der Waals surface area contributed by atoms with E-state index in [1.165, 1.54) is 11.8 Å². The molecule has 164 valence electrons. The van der Waals surface area contributed by atoms with Crippen molar-refractivity contribution in [2.45, 2.75) is 26.1 Å². The van der Waals surface area contributed by atoms with Gasteiger partial charge in [-0.25, -0.2) is 4.79 Å². The van der Waals surface area contributed by atoms with Crippen molar-refractivity contribution in [1.82, 2.24) is 10.2 Å². The van der Waals surface area contributed by atoms with Gasteiger partial charge in [-0.2, -0.15) is 0 Å². The van der Waals surface area contributed by atoms with Crippen LogP contribution in [0, 0.1) is 0 Å². The summed E-state index contributed by atoms with van der Waals surface area (Å²) in [6.45, 7) is 1.87. The molecule has 2 aromatic carbocycles. The molecule has 2 aromatic rings. The summed E-state index contributed by atoms with van der Waals surface area (Å²) >= 11 is 0. The monoisotopic (exact) mass is 427 g/mol. The van der Waals surface area contributed by atoms with Crippen LogP contribution in [0.25, 0.3) is 0 Å². The predicted molar refractivity (Wildman–Crippen MR) is 113 cm³/mol. The number of benzene rings is 2. The summed E-state index contributed by atoms with van der Waals surface area (Å²) < 4.78 is 15.6. The molecule has 0 unspecified atom stereocenters. The van der Waals surface area contributed by atoms with Crippen LogP contribution in [0.2, 0.25) is 0 Å². The maximum absolute atomic E-state index is 12.8. The molecule has 9 nitrogen and oxygen atoms in total. The van der Waals surface area contributed by atoms with Crippen LogP contribution in [0.1, 0.15) is 18.1 Å². The molecular formula is C22H25N3O6. The van der Waals surface area contributed by atoms with Crippen LogP contribution in [-0.2, 0) is 27.4 Å². The number of nitrogens with zero attached hydrogens (tertiary/aromatic N) is 1. The Morgan fingerprint density at radius 1 is 1.06 bits per heavy atom. The summed E-state index contributed by atoms with van der Waals surface area (Å²) in [7, 11) is 3.11. The van der Waals surface area contributed by atoms with Gasteiger partial charge in [0.25, 0.3) is 0 Å². The molecule has 1 heterocycles. The summed E-state index contributed by atoms with van der Waals surface area (Å²) in [6.07, 6.45) is -0.547. The summed E-state index contributed by atoms with van der Waals surface area (Å²) in [4.78, 5) is 37.5. The molecule has 0 saturated carbocycles. The van der Waals surface area contributed by atoms with Crippen LogP contribution in [0.3, 0.4) is 0 Å². The van der Waals surface area contributed by atoms with Gasteiger partial charge in [0.1, 0.15) is 24.1 Å². The number of ether oxygens (including phenoxy) is 3. The van der Waals surface area contributed by atoms with Crippen molar-refractivity contribution >= 4 is 23.6 Å². The molecule has 1 fully saturated rings. The summed E-state index contributed by atoms with van der Waals surface area (Å²) in [5, 5.41) is 5.52. The Morgan fingerprint density at radius 2 is 1.71 bits per heavy atom. The topological polar surface area (TPSA) is 106 Å². The lowest BCUT2D eigenvalue weighted by Gasteiger charge is -2.21. The molecule has 1 atom stereocenters. The highest BCUT2D eigenvalue weighted by atomic mass is 16.6. The fourth-order valence-electron chi connectivity index (χ4n) is 3.21. The molecular weight excluding hydrogens is 402 g/mol. The van der Waals surface area contributed by atoms with Crippen molar-refractivity contribution in [3.05, 3.63) is 53.6 Å². The molecule has 2 N–H and O–H groups in total. The number of hydrogen-bond donors (Lipinski definition) is 2. The number of anilines is 1. The standard InChI is InChI=1S/C22H25N3O6/c1-14(26)24-17-6-4-15(5-7-17)12-25-20(13-31-22(25)28)21(27)23-11-16-8-18(29-2)10-19(9-16)30-3/h4-10,20H,11-13H2,1-3H3,(H,23,27)(H,24,26)/t20-/m0/s1. The highest BCUT2D eigenvalue weighted by Gasteiger charge is 2.37. The van der Waals surface area contributed by atoms with Gasteiger partial charge in [-0.05, 0) is 35.4 Å². The van der Waals surface area contributed by atoms with Crippen molar-refractivity contribution < 1.29 is 28.6 Å². The molecule has 31 heavy (non-hydrogen) atoms. The van der Waals surface area contributed by atoms with Crippen LogP contribution < -0.4 is 20.1 Å². The minimum atomic E-state index is -0.741. The Bertz CT molecular complexity index is 938. The first-order valence-corrected chi connectivity index (χ1v) is 9.69. The second-order valence-electron chi connectivity index (χ2n) is 7.04. The van der Waals surface area contributed by atoms with Gasteiger partial charge in [-0.3, -0.25) is 14.5 Å². The Morgan fingerprint density at radius 3 is 2.29 bits per heavy atom. The van der Waals surface area contributed by atoms with E-state index in [-0.39, 0.29) is 31.5 Å². The Kier molecular flexibility index (Phi) is 6.96. The molecule has 0 radical (unpaired) electrons. The molecule has 0 bridgehead atoms. The van der Waals surface area contributed by atoms with Gasteiger partial charge < -0.3 is 24.8 Å². The second kappa shape index (κ2) is 9.84. The maximum atomic E-state index is 12.8. The Hall–Kier alpha value is -3.75. The zero-order chi connectivity index (χ0) is 22.4. The molecule has 0 aliphatic carbocycles. The largest absolute Gasteiger partial charge is 0.497 e. The molecule has 3 rings (SSSR count). The molecule has 0 aromatic heterocycles. The van der Waals surface area contributed by atoms with Gasteiger partial charge in [0, 0.05) is 25.2 Å². The SMILES string of the molecule is COc1cc(CNC(=O)[C@@H]2COC(=O)N2Cc2ccc(NC(C)=O)cc2)cc(OC)c1. The zero-order valence-electron chi connectivity index (χ0n) is 17.6. The van der Waals surface area contributed by atoms with Crippen molar-refractivity contribution in [2.75, 3.05) is 26.1 Å². The second-order valence-corrected chi connectivity index (χ2v) is 7.04. The van der Waals surface area contributed by atoms with E-state index < -0.39 is 12.1 Å². The third-order valence-corrected chi connectivity index (χ3v) is 4.78. The van der Waals surface area contributed by atoms with Gasteiger partial charge in [-0.15, -0.1) is 0 Å². The van der Waals surface area contributed by atoms with Crippen LogP contribution in [0.5, 0.6) is 11.5 Å². The minimum Gasteiger partial charge on any atom is -0.497 e. The Labute approximate surface area is 180 Å². The van der Waals surface area contributed by atoms with Crippen molar-refractivity contribution in [3.63, 3.8) is 0 Å². The summed E-state index contributed by atoms with van der Waals surface area (Å²) in [6, 6.07) is 11.7. The number of carbonyl (C=O) groups is 3. The average Bonchev–Trinajstić information content (AvgIpc) is 3.12. The van der Waals surface area contributed by atoms with Crippen molar-refractivity contribution in [3.8, 4) is 11.5 Å². The first-order valence-electron chi connectivity index (χ1n) is 9.69. The van der Waals surface area contributed by atoms with E-state index in [4.69, 9.17) is 14.2 Å². The number of carbonyl (C=O) groups excluding carboxylic acids is 3. The molecule has 9 heteroatoms. The first-order chi connectivity index (χ1) is 14.9. The molecule has 1 saturated heterocycles. The van der Waals surface area contributed by atoms with E-state index in [2.05, 4.69) is 10.6 Å². The van der Waals surface area contributed by atoms with E-state index in [0.717, 1.165) is 11.1 Å². The number of amides is 3. The molecule has 1 aliphatic heterocycles. The van der Waals surface area contributed by atoms with Gasteiger partial charge in [-0.1, -0.05) is 12.1 Å². The van der Waals surface area contributed by atoms with Crippen LogP contribution >= 0.6 is 0 Å². The highest BCUT2D eigenvalue weighted by Crippen LogP contribution is 2.23. The van der Waals surface area contributed by atoms with E-state index in [1.54, 1.807) is 56.7 Å². The Balaban J connectivity index is 1.64. The predicted octanol–water partition coefficient (Wildman–Crippen LogP) is 2.30. The van der Waals surface area contributed by atoms with Crippen molar-refractivity contribution in [2.24, 2.45) is 0 Å². The smallest absolute Gasteiger partial charge is 0.410 e. The molecule has 3 amide bonds. The van der Waals surface area contributed by atoms with E-state index in [0.29, 0.717) is 17.2 Å². The number of methoxy groups -OCH3 is 2. The van der Waals surface area contributed by atoms with E-state index in [9.17, 15) is 14.4 Å². The lowest BCUT2D eigenvalue weighted by molar-refractivity contribution is -0.125. The fraction of sp³-hybridized carbons (Fsp3) is 0.318. The van der Waals surface area contributed by atoms with Crippen molar-refractivity contribution in [1.29, 1.82) is 0 Å². The highest BCUT2D eigenvalue weighted by molar-refractivity contribution is 5.89. The minimum absolute atomic E-state index is 0.0178. The third-order valence-electron chi connectivity index (χ3n) is 4.78. The lowest BCUT2D eigenvalue weighted by Crippen LogP contribution is -2.45. The average molecular weight is 427 g/mol.